The fourth-order valence-electron chi connectivity index (χ4n) is 2.45. The lowest BCUT2D eigenvalue weighted by molar-refractivity contribution is 0.530. The van der Waals surface area contributed by atoms with Gasteiger partial charge in [0.1, 0.15) is 5.82 Å². The van der Waals surface area contributed by atoms with E-state index in [1.807, 2.05) is 6.20 Å². The predicted molar refractivity (Wildman–Crippen MR) is 90.9 cm³/mol. The van der Waals surface area contributed by atoms with Crippen LogP contribution in [-0.4, -0.2) is 22.4 Å². The van der Waals surface area contributed by atoms with Crippen molar-refractivity contribution in [2.24, 2.45) is 0 Å². The normalized spacial score (nSPS) is 12.5. The van der Waals surface area contributed by atoms with Crippen molar-refractivity contribution in [1.29, 1.82) is 0 Å². The minimum absolute atomic E-state index is 0.169. The van der Waals surface area contributed by atoms with Crippen LogP contribution >= 0.6 is 11.8 Å². The van der Waals surface area contributed by atoms with Crippen molar-refractivity contribution in [3.63, 3.8) is 0 Å². The zero-order chi connectivity index (χ0) is 15.1. The van der Waals surface area contributed by atoms with Gasteiger partial charge in [-0.25, -0.2) is 4.98 Å². The highest BCUT2D eigenvalue weighted by molar-refractivity contribution is 7.98. The molecule has 3 nitrogen and oxygen atoms in total. The molecule has 1 aromatic carbocycles. The minimum Gasteiger partial charge on any atom is -0.333 e. The Balaban J connectivity index is 2.29. The average Bonchev–Trinajstić information content (AvgIpc) is 2.97. The Labute approximate surface area is 132 Å². The third-order valence-electron chi connectivity index (χ3n) is 3.52. The van der Waals surface area contributed by atoms with E-state index in [9.17, 15) is 0 Å². The number of aromatic nitrogens is 2. The number of nitrogens with one attached hydrogen (secondary N) is 1. The van der Waals surface area contributed by atoms with E-state index in [4.69, 9.17) is 0 Å². The lowest BCUT2D eigenvalue weighted by Gasteiger charge is -2.20. The Morgan fingerprint density at radius 3 is 2.57 bits per heavy atom. The summed E-state index contributed by atoms with van der Waals surface area (Å²) in [6, 6.07) is 8.97. The summed E-state index contributed by atoms with van der Waals surface area (Å²) >= 11 is 1.77. The monoisotopic (exact) mass is 303 g/mol. The van der Waals surface area contributed by atoms with Gasteiger partial charge in [0.2, 0.25) is 0 Å². The molecule has 21 heavy (non-hydrogen) atoms. The van der Waals surface area contributed by atoms with Crippen LogP contribution in [0.5, 0.6) is 0 Å². The SMILES string of the molecule is CCCNC(c1ccc(SC)cc1)c1nccn1CCC. The van der Waals surface area contributed by atoms with Gasteiger partial charge in [-0.3, -0.25) is 0 Å². The number of thioether (sulfide) groups is 1. The summed E-state index contributed by atoms with van der Waals surface area (Å²) in [5.41, 5.74) is 1.28. The lowest BCUT2D eigenvalue weighted by atomic mass is 10.1. The zero-order valence-corrected chi connectivity index (χ0v) is 14.0. The number of hydrogen-bond donors (Lipinski definition) is 1. The second-order valence-corrected chi connectivity index (χ2v) is 6.02. The third-order valence-corrected chi connectivity index (χ3v) is 4.26. The highest BCUT2D eigenvalue weighted by Gasteiger charge is 2.18. The molecule has 114 valence electrons. The molecule has 0 fully saturated rings. The minimum atomic E-state index is 0.169. The molecular weight excluding hydrogens is 278 g/mol. The van der Waals surface area contributed by atoms with Gasteiger partial charge in [-0.15, -0.1) is 11.8 Å². The average molecular weight is 303 g/mol. The van der Waals surface area contributed by atoms with Crippen LogP contribution in [0, 0.1) is 0 Å². The van der Waals surface area contributed by atoms with Crippen molar-refractivity contribution in [3.05, 3.63) is 48.0 Å². The molecule has 0 aliphatic heterocycles. The maximum Gasteiger partial charge on any atom is 0.130 e. The van der Waals surface area contributed by atoms with Crippen molar-refractivity contribution in [2.75, 3.05) is 12.8 Å². The fraction of sp³-hybridized carbons (Fsp3) is 0.471. The Morgan fingerprint density at radius 2 is 1.95 bits per heavy atom. The largest absolute Gasteiger partial charge is 0.333 e. The first-order valence-corrected chi connectivity index (χ1v) is 8.91. The topological polar surface area (TPSA) is 29.9 Å². The van der Waals surface area contributed by atoms with E-state index in [0.29, 0.717) is 0 Å². The van der Waals surface area contributed by atoms with Gasteiger partial charge >= 0.3 is 0 Å². The quantitative estimate of drug-likeness (QED) is 0.745. The summed E-state index contributed by atoms with van der Waals surface area (Å²) in [7, 11) is 0. The number of hydrogen-bond acceptors (Lipinski definition) is 3. The van der Waals surface area contributed by atoms with E-state index in [1.165, 1.54) is 10.5 Å². The van der Waals surface area contributed by atoms with Gasteiger partial charge in [-0.1, -0.05) is 26.0 Å². The van der Waals surface area contributed by atoms with Gasteiger partial charge < -0.3 is 9.88 Å². The number of aryl methyl sites for hydroxylation is 1. The van der Waals surface area contributed by atoms with Gasteiger partial charge in [0, 0.05) is 23.8 Å². The first-order chi connectivity index (χ1) is 10.3. The molecule has 1 atom stereocenters. The molecule has 1 heterocycles. The maximum atomic E-state index is 4.60. The number of imidazole rings is 1. The smallest absolute Gasteiger partial charge is 0.130 e. The van der Waals surface area contributed by atoms with E-state index >= 15 is 0 Å². The van der Waals surface area contributed by atoms with E-state index in [-0.39, 0.29) is 6.04 Å². The molecule has 0 bridgehead atoms. The van der Waals surface area contributed by atoms with Gasteiger partial charge in [-0.05, 0) is 43.3 Å². The molecule has 0 saturated heterocycles. The second-order valence-electron chi connectivity index (χ2n) is 5.14. The molecule has 0 amide bonds. The van der Waals surface area contributed by atoms with Crippen molar-refractivity contribution in [3.8, 4) is 0 Å². The molecule has 4 heteroatoms. The van der Waals surface area contributed by atoms with Crippen LogP contribution in [0.25, 0.3) is 0 Å². The molecule has 2 aromatic rings. The molecule has 0 aliphatic carbocycles. The van der Waals surface area contributed by atoms with Crippen molar-refractivity contribution >= 4 is 11.8 Å². The van der Waals surface area contributed by atoms with Crippen molar-refractivity contribution in [1.82, 2.24) is 14.9 Å². The molecule has 2 rings (SSSR count). The Morgan fingerprint density at radius 1 is 1.19 bits per heavy atom. The highest BCUT2D eigenvalue weighted by atomic mass is 32.2. The Hall–Kier alpha value is -1.26. The molecule has 1 N–H and O–H groups in total. The van der Waals surface area contributed by atoms with E-state index in [1.54, 1.807) is 11.8 Å². The number of benzene rings is 1. The summed E-state index contributed by atoms with van der Waals surface area (Å²) in [5.74, 6) is 1.11. The summed E-state index contributed by atoms with van der Waals surface area (Å²) in [5, 5.41) is 3.63. The van der Waals surface area contributed by atoms with Crippen LogP contribution < -0.4 is 5.32 Å². The van der Waals surface area contributed by atoms with Gasteiger partial charge in [0.15, 0.2) is 0 Å². The van der Waals surface area contributed by atoms with Crippen molar-refractivity contribution < 1.29 is 0 Å². The van der Waals surface area contributed by atoms with Crippen LogP contribution in [0.2, 0.25) is 0 Å². The first-order valence-electron chi connectivity index (χ1n) is 7.68. The summed E-state index contributed by atoms with van der Waals surface area (Å²) in [6.07, 6.45) is 8.33. The first kappa shape index (κ1) is 16.1. The predicted octanol–water partition coefficient (Wildman–Crippen LogP) is 4.10. The van der Waals surface area contributed by atoms with Crippen LogP contribution in [0.4, 0.5) is 0 Å². The van der Waals surface area contributed by atoms with E-state index in [2.05, 4.69) is 65.4 Å². The van der Waals surface area contributed by atoms with Crippen molar-refractivity contribution in [2.45, 2.75) is 44.2 Å². The summed E-state index contributed by atoms with van der Waals surface area (Å²) in [6.45, 7) is 6.40. The summed E-state index contributed by atoms with van der Waals surface area (Å²) in [4.78, 5) is 5.90. The van der Waals surface area contributed by atoms with E-state index < -0.39 is 0 Å². The van der Waals surface area contributed by atoms with Crippen LogP contribution in [0.15, 0.2) is 41.6 Å². The standard InChI is InChI=1S/C17H25N3S/c1-4-10-18-16(14-6-8-15(21-3)9-7-14)17-19-11-13-20(17)12-5-2/h6-9,11,13,16,18H,4-5,10,12H2,1-3H3. The van der Waals surface area contributed by atoms with Crippen LogP contribution in [-0.2, 0) is 6.54 Å². The Kier molecular flexibility index (Phi) is 6.33. The molecule has 0 saturated carbocycles. The van der Waals surface area contributed by atoms with Crippen LogP contribution in [0.3, 0.4) is 0 Å². The maximum absolute atomic E-state index is 4.60. The zero-order valence-electron chi connectivity index (χ0n) is 13.2. The number of nitrogens with zero attached hydrogens (tertiary/aromatic N) is 2. The van der Waals surface area contributed by atoms with Gasteiger partial charge in [-0.2, -0.15) is 0 Å². The molecule has 0 aliphatic rings. The number of rotatable bonds is 8. The summed E-state index contributed by atoms with van der Waals surface area (Å²) < 4.78 is 2.26. The second kappa shape index (κ2) is 8.25. The van der Waals surface area contributed by atoms with Gasteiger partial charge in [0.05, 0.1) is 6.04 Å². The third kappa shape index (κ3) is 4.11. The Bertz CT molecular complexity index is 533. The fourth-order valence-corrected chi connectivity index (χ4v) is 2.86. The highest BCUT2D eigenvalue weighted by Crippen LogP contribution is 2.24. The van der Waals surface area contributed by atoms with Crippen LogP contribution in [0.1, 0.15) is 44.1 Å². The molecule has 1 aromatic heterocycles. The molecule has 0 spiro atoms. The molecule has 1 unspecified atom stereocenters. The van der Waals surface area contributed by atoms with Gasteiger partial charge in [0.25, 0.3) is 0 Å². The lowest BCUT2D eigenvalue weighted by Crippen LogP contribution is -2.26. The molecule has 0 radical (unpaired) electrons. The molecular formula is C17H25N3S. The van der Waals surface area contributed by atoms with E-state index in [0.717, 1.165) is 31.8 Å².